The lowest BCUT2D eigenvalue weighted by atomic mass is 9.89. The number of hydrogen-bond acceptors (Lipinski definition) is 5. The van der Waals surface area contributed by atoms with Crippen molar-refractivity contribution in [2.75, 3.05) is 11.9 Å². The predicted molar refractivity (Wildman–Crippen MR) is 116 cm³/mol. The molecule has 0 bridgehead atoms. The Labute approximate surface area is 188 Å². The molecule has 0 radical (unpaired) electrons. The average Bonchev–Trinajstić information content (AvgIpc) is 3.07. The van der Waals surface area contributed by atoms with Gasteiger partial charge in [0.2, 0.25) is 0 Å². The quantitative estimate of drug-likeness (QED) is 0.546. The molecule has 1 aliphatic rings. The minimum Gasteiger partial charge on any atom is -0.309 e. The number of Topliss-reactive ketones (excluding diaryl/α,β-unsaturated/α-hetero) is 1. The summed E-state index contributed by atoms with van der Waals surface area (Å²) in [5.41, 5.74) is -1.22. The maximum Gasteiger partial charge on any atom is 0.416 e. The first-order valence-corrected chi connectivity index (χ1v) is 10.1. The van der Waals surface area contributed by atoms with Gasteiger partial charge in [-0.1, -0.05) is 13.8 Å². The van der Waals surface area contributed by atoms with E-state index >= 15 is 0 Å². The van der Waals surface area contributed by atoms with Crippen LogP contribution >= 0.6 is 0 Å². The molecule has 174 valence electrons. The van der Waals surface area contributed by atoms with Crippen molar-refractivity contribution in [1.82, 2.24) is 10.3 Å². The maximum atomic E-state index is 13.1. The van der Waals surface area contributed by atoms with Crippen LogP contribution in [0.5, 0.6) is 0 Å². The minimum absolute atomic E-state index is 0.0532. The van der Waals surface area contributed by atoms with Crippen LogP contribution in [0.3, 0.4) is 0 Å². The summed E-state index contributed by atoms with van der Waals surface area (Å²) >= 11 is 0. The zero-order chi connectivity index (χ0) is 24.7. The van der Waals surface area contributed by atoms with Crippen molar-refractivity contribution in [3.05, 3.63) is 58.9 Å². The standard InChI is InChI=1S/C23H23F3N4O3/c1-12(2)22(4)21(33)28-19(29-22)17-16(10-13(3)11-27-17)18(31)20(32)30(5)15-8-6-14(7-9-15)23(24,25)26/h6-12H,1-5H3,(H,28,29,33). The number of amides is 2. The van der Waals surface area contributed by atoms with Crippen LogP contribution in [0.2, 0.25) is 0 Å². The molecule has 2 amide bonds. The maximum absolute atomic E-state index is 13.1. The van der Waals surface area contributed by atoms with Crippen LogP contribution < -0.4 is 10.2 Å². The summed E-state index contributed by atoms with van der Waals surface area (Å²) in [5.74, 6) is -2.29. The van der Waals surface area contributed by atoms with Gasteiger partial charge < -0.3 is 10.2 Å². The second kappa shape index (κ2) is 8.42. The fourth-order valence-corrected chi connectivity index (χ4v) is 3.24. The number of nitrogens with one attached hydrogen (secondary N) is 1. The zero-order valence-electron chi connectivity index (χ0n) is 18.7. The molecule has 0 aliphatic carbocycles. The Morgan fingerprint density at radius 2 is 1.76 bits per heavy atom. The number of ketones is 1. The van der Waals surface area contributed by atoms with E-state index in [2.05, 4.69) is 15.3 Å². The molecule has 1 N–H and O–H groups in total. The molecule has 1 aromatic heterocycles. The van der Waals surface area contributed by atoms with Gasteiger partial charge in [-0.2, -0.15) is 13.2 Å². The monoisotopic (exact) mass is 460 g/mol. The van der Waals surface area contributed by atoms with E-state index in [9.17, 15) is 27.6 Å². The Morgan fingerprint density at radius 1 is 1.15 bits per heavy atom. The van der Waals surface area contributed by atoms with Crippen LogP contribution in [-0.4, -0.2) is 41.0 Å². The summed E-state index contributed by atoms with van der Waals surface area (Å²) in [6, 6.07) is 5.35. The number of anilines is 1. The molecule has 0 saturated heterocycles. The number of aliphatic imine (C=N–C) groups is 1. The summed E-state index contributed by atoms with van der Waals surface area (Å²) in [4.78, 5) is 48.2. The Balaban J connectivity index is 1.95. The third kappa shape index (κ3) is 4.50. The van der Waals surface area contributed by atoms with E-state index in [1.54, 1.807) is 13.8 Å². The molecule has 1 aromatic carbocycles. The van der Waals surface area contributed by atoms with Crippen molar-refractivity contribution >= 4 is 29.1 Å². The van der Waals surface area contributed by atoms with Crippen LogP contribution in [0.1, 0.15) is 48.0 Å². The summed E-state index contributed by atoms with van der Waals surface area (Å²) in [6.45, 7) is 7.02. The van der Waals surface area contributed by atoms with Crippen molar-refractivity contribution in [3.8, 4) is 0 Å². The molecule has 0 fully saturated rings. The average molecular weight is 460 g/mol. The van der Waals surface area contributed by atoms with Crippen LogP contribution in [-0.2, 0) is 15.8 Å². The molecule has 10 heteroatoms. The molecule has 0 saturated carbocycles. The third-order valence-electron chi connectivity index (χ3n) is 5.73. The first kappa shape index (κ1) is 24.1. The zero-order valence-corrected chi connectivity index (χ0v) is 18.7. The largest absolute Gasteiger partial charge is 0.416 e. The molecule has 3 rings (SSSR count). The van der Waals surface area contributed by atoms with Crippen LogP contribution in [0.4, 0.5) is 18.9 Å². The molecule has 2 aromatic rings. The van der Waals surface area contributed by atoms with Crippen molar-refractivity contribution in [2.45, 2.75) is 39.4 Å². The fraction of sp³-hybridized carbons (Fsp3) is 0.348. The molecule has 2 heterocycles. The van der Waals surface area contributed by atoms with Crippen molar-refractivity contribution in [3.63, 3.8) is 0 Å². The number of alkyl halides is 3. The SMILES string of the molecule is Cc1cnc(C2=NC(C)(C(C)C)C(=O)N2)c(C(=O)C(=O)N(C)c2ccc(C(F)(F)F)cc2)c1. The van der Waals surface area contributed by atoms with Crippen LogP contribution in [0, 0.1) is 12.8 Å². The number of amidine groups is 1. The molecular formula is C23H23F3N4O3. The lowest BCUT2D eigenvalue weighted by Crippen LogP contribution is -2.41. The normalized spacial score (nSPS) is 18.2. The highest BCUT2D eigenvalue weighted by molar-refractivity contribution is 6.48. The van der Waals surface area contributed by atoms with Crippen molar-refractivity contribution in [1.29, 1.82) is 0 Å². The lowest BCUT2D eigenvalue weighted by Gasteiger charge is -2.21. The number of hydrogen-bond donors (Lipinski definition) is 1. The molecule has 33 heavy (non-hydrogen) atoms. The second-order valence-electron chi connectivity index (χ2n) is 8.36. The van der Waals surface area contributed by atoms with Gasteiger partial charge in [0.05, 0.1) is 11.1 Å². The van der Waals surface area contributed by atoms with E-state index < -0.39 is 29.0 Å². The van der Waals surface area contributed by atoms with Gasteiger partial charge in [-0.15, -0.1) is 0 Å². The van der Waals surface area contributed by atoms with E-state index in [0.29, 0.717) is 5.56 Å². The van der Waals surface area contributed by atoms with Gasteiger partial charge in [-0.05, 0) is 55.7 Å². The number of rotatable bonds is 5. The van der Waals surface area contributed by atoms with Gasteiger partial charge in [0.1, 0.15) is 11.2 Å². The predicted octanol–water partition coefficient (Wildman–Crippen LogP) is 3.55. The van der Waals surface area contributed by atoms with Crippen LogP contribution in [0.15, 0.2) is 41.5 Å². The lowest BCUT2D eigenvalue weighted by molar-refractivity contribution is -0.137. The van der Waals surface area contributed by atoms with Crippen molar-refractivity contribution < 1.29 is 27.6 Å². The minimum atomic E-state index is -4.52. The number of nitrogens with zero attached hydrogens (tertiary/aromatic N) is 3. The topological polar surface area (TPSA) is 91.7 Å². The van der Waals surface area contributed by atoms with Gasteiger partial charge in [-0.25, -0.2) is 4.99 Å². The highest BCUT2D eigenvalue weighted by Gasteiger charge is 2.43. The van der Waals surface area contributed by atoms with Gasteiger partial charge in [-0.3, -0.25) is 19.4 Å². The van der Waals surface area contributed by atoms with Gasteiger partial charge in [0, 0.05) is 18.9 Å². The van der Waals surface area contributed by atoms with E-state index in [1.165, 1.54) is 19.3 Å². The van der Waals surface area contributed by atoms with Gasteiger partial charge >= 0.3 is 6.18 Å². The van der Waals surface area contributed by atoms with Crippen LogP contribution in [0.25, 0.3) is 0 Å². The van der Waals surface area contributed by atoms with E-state index in [0.717, 1.165) is 29.2 Å². The van der Waals surface area contributed by atoms with E-state index in [4.69, 9.17) is 0 Å². The number of carbonyl (C=O) groups is 3. The Morgan fingerprint density at radius 3 is 2.27 bits per heavy atom. The summed E-state index contributed by atoms with van der Waals surface area (Å²) in [6.07, 6.45) is -3.04. The summed E-state index contributed by atoms with van der Waals surface area (Å²) in [5, 5.41) is 2.64. The van der Waals surface area contributed by atoms with Crippen molar-refractivity contribution in [2.24, 2.45) is 10.9 Å². The number of likely N-dealkylation sites (N-methyl/N-ethyl adjacent to an activating group) is 1. The summed E-state index contributed by atoms with van der Waals surface area (Å²) in [7, 11) is 1.29. The number of benzene rings is 1. The molecule has 1 aliphatic heterocycles. The highest BCUT2D eigenvalue weighted by atomic mass is 19.4. The highest BCUT2D eigenvalue weighted by Crippen LogP contribution is 2.31. The Kier molecular flexibility index (Phi) is 6.14. The molecule has 7 nitrogen and oxygen atoms in total. The number of carbonyl (C=O) groups excluding carboxylic acids is 3. The summed E-state index contributed by atoms with van der Waals surface area (Å²) < 4.78 is 38.4. The number of aromatic nitrogens is 1. The van der Waals surface area contributed by atoms with Gasteiger partial charge in [0.25, 0.3) is 17.6 Å². The third-order valence-corrected chi connectivity index (χ3v) is 5.73. The van der Waals surface area contributed by atoms with E-state index in [-0.39, 0.29) is 34.6 Å². The number of aryl methyl sites for hydroxylation is 1. The van der Waals surface area contributed by atoms with E-state index in [1.807, 2.05) is 13.8 Å². The fourth-order valence-electron chi connectivity index (χ4n) is 3.24. The number of pyridine rings is 1. The first-order valence-electron chi connectivity index (χ1n) is 10.1. The Hall–Kier alpha value is -3.56. The number of halogens is 3. The molecule has 1 unspecified atom stereocenters. The smallest absolute Gasteiger partial charge is 0.309 e. The second-order valence-corrected chi connectivity index (χ2v) is 8.36. The van der Waals surface area contributed by atoms with Gasteiger partial charge in [0.15, 0.2) is 5.84 Å². The molecule has 0 spiro atoms. The molecule has 1 atom stereocenters. The Bertz CT molecular complexity index is 1160. The first-order chi connectivity index (χ1) is 15.3. The molecular weight excluding hydrogens is 437 g/mol.